The van der Waals surface area contributed by atoms with E-state index in [1.54, 1.807) is 4.90 Å². The number of aryl methyl sites for hydroxylation is 1. The molecule has 1 aliphatic rings. The van der Waals surface area contributed by atoms with E-state index in [0.717, 1.165) is 22.3 Å². The maximum Gasteiger partial charge on any atom is 0.255 e. The van der Waals surface area contributed by atoms with Gasteiger partial charge in [0.25, 0.3) is 5.91 Å². The molecule has 0 spiro atoms. The highest BCUT2D eigenvalue weighted by molar-refractivity contribution is 9.10. The van der Waals surface area contributed by atoms with Crippen LogP contribution in [0.5, 0.6) is 0 Å². The Kier molecular flexibility index (Phi) is 6.48. The van der Waals surface area contributed by atoms with Crippen molar-refractivity contribution >= 4 is 55.8 Å². The first-order chi connectivity index (χ1) is 15.3. The standard InChI is InChI=1S/C24H23BrClN5O/c1-14-10-17(26)6-7-21(14)29-15(2)16(3)30-23-19-11-20(25)18(12-22(19)27-13-28-23)24(32)31-8-4-5-9-31/h4-7,10-13,16,29H,2,8-9H2,1,3H3,(H,27,28,30). The van der Waals surface area contributed by atoms with Crippen LogP contribution in [0.1, 0.15) is 22.8 Å². The molecule has 2 aromatic carbocycles. The van der Waals surface area contributed by atoms with Crippen molar-refractivity contribution in [2.75, 3.05) is 23.7 Å². The minimum absolute atomic E-state index is 0.0267. The first kappa shape index (κ1) is 22.3. The Morgan fingerprint density at radius 1 is 1.22 bits per heavy atom. The summed E-state index contributed by atoms with van der Waals surface area (Å²) in [6, 6.07) is 9.25. The minimum atomic E-state index is -0.126. The van der Waals surface area contributed by atoms with E-state index in [4.69, 9.17) is 11.6 Å². The maximum atomic E-state index is 12.9. The van der Waals surface area contributed by atoms with Gasteiger partial charge in [-0.15, -0.1) is 0 Å². The van der Waals surface area contributed by atoms with Crippen molar-refractivity contribution < 1.29 is 4.79 Å². The predicted octanol–water partition coefficient (Wildman–Crippen LogP) is 5.79. The van der Waals surface area contributed by atoms with Crippen LogP contribution in [0.2, 0.25) is 5.02 Å². The number of rotatable bonds is 6. The summed E-state index contributed by atoms with van der Waals surface area (Å²) >= 11 is 9.61. The number of anilines is 2. The van der Waals surface area contributed by atoms with Crippen LogP contribution in [0.3, 0.4) is 0 Å². The van der Waals surface area contributed by atoms with Crippen LogP contribution in [0.25, 0.3) is 10.9 Å². The Morgan fingerprint density at radius 2 is 1.97 bits per heavy atom. The average molecular weight is 513 g/mol. The molecule has 3 aromatic rings. The molecule has 0 fully saturated rings. The van der Waals surface area contributed by atoms with Crippen LogP contribution in [0.15, 0.2) is 65.6 Å². The average Bonchev–Trinajstić information content (AvgIpc) is 3.30. The predicted molar refractivity (Wildman–Crippen MR) is 134 cm³/mol. The van der Waals surface area contributed by atoms with Gasteiger partial charge >= 0.3 is 0 Å². The topological polar surface area (TPSA) is 70.1 Å². The number of halogens is 2. The molecule has 4 rings (SSSR count). The maximum absolute atomic E-state index is 12.9. The lowest BCUT2D eigenvalue weighted by molar-refractivity contribution is 0.0799. The number of aromatic nitrogens is 2. The van der Waals surface area contributed by atoms with E-state index in [1.807, 2.05) is 56.3 Å². The second kappa shape index (κ2) is 9.30. The van der Waals surface area contributed by atoms with Crippen LogP contribution in [0.4, 0.5) is 11.5 Å². The lowest BCUT2D eigenvalue weighted by Crippen LogP contribution is -2.28. The minimum Gasteiger partial charge on any atom is -0.361 e. The van der Waals surface area contributed by atoms with Gasteiger partial charge in [-0.05, 0) is 65.7 Å². The summed E-state index contributed by atoms with van der Waals surface area (Å²) in [5.74, 6) is 0.641. The molecule has 0 saturated carbocycles. The van der Waals surface area contributed by atoms with Crippen molar-refractivity contribution in [1.82, 2.24) is 14.9 Å². The third-order valence-corrected chi connectivity index (χ3v) is 6.31. The summed E-state index contributed by atoms with van der Waals surface area (Å²) in [5.41, 5.74) is 4.05. The van der Waals surface area contributed by atoms with Gasteiger partial charge in [-0.2, -0.15) is 0 Å². The number of nitrogens with zero attached hydrogens (tertiary/aromatic N) is 3. The largest absolute Gasteiger partial charge is 0.361 e. The Morgan fingerprint density at radius 3 is 2.69 bits per heavy atom. The molecule has 6 nitrogen and oxygen atoms in total. The number of carbonyl (C=O) groups is 1. The van der Waals surface area contributed by atoms with Gasteiger partial charge in [0, 0.05) is 39.4 Å². The Labute approximate surface area is 200 Å². The van der Waals surface area contributed by atoms with Crippen LogP contribution < -0.4 is 10.6 Å². The summed E-state index contributed by atoms with van der Waals surface area (Å²) in [5, 5.41) is 8.26. The number of benzene rings is 2. The highest BCUT2D eigenvalue weighted by Crippen LogP contribution is 2.29. The molecular weight excluding hydrogens is 490 g/mol. The second-order valence-electron chi connectivity index (χ2n) is 7.73. The number of amides is 1. The monoisotopic (exact) mass is 511 g/mol. The third-order valence-electron chi connectivity index (χ3n) is 5.42. The van der Waals surface area contributed by atoms with Gasteiger partial charge in [0.1, 0.15) is 12.1 Å². The highest BCUT2D eigenvalue weighted by atomic mass is 79.9. The second-order valence-corrected chi connectivity index (χ2v) is 9.02. The van der Waals surface area contributed by atoms with Gasteiger partial charge in [-0.25, -0.2) is 9.97 Å². The molecule has 164 valence electrons. The van der Waals surface area contributed by atoms with Crippen molar-refractivity contribution in [1.29, 1.82) is 0 Å². The molecule has 1 unspecified atom stereocenters. The van der Waals surface area contributed by atoms with Gasteiger partial charge in [0.15, 0.2) is 0 Å². The fourth-order valence-corrected chi connectivity index (χ4v) is 4.25. The van der Waals surface area contributed by atoms with Crippen molar-refractivity contribution in [3.63, 3.8) is 0 Å². The molecule has 2 heterocycles. The lowest BCUT2D eigenvalue weighted by atomic mass is 10.1. The van der Waals surface area contributed by atoms with Crippen molar-refractivity contribution in [3.05, 3.63) is 81.7 Å². The summed E-state index contributed by atoms with van der Waals surface area (Å²) < 4.78 is 0.709. The van der Waals surface area contributed by atoms with Crippen molar-refractivity contribution in [2.45, 2.75) is 19.9 Å². The molecule has 1 atom stereocenters. The number of hydrogen-bond acceptors (Lipinski definition) is 5. The molecule has 8 heteroatoms. The van der Waals surface area contributed by atoms with Gasteiger partial charge < -0.3 is 15.5 Å². The normalized spacial score (nSPS) is 13.9. The highest BCUT2D eigenvalue weighted by Gasteiger charge is 2.21. The SMILES string of the molecule is C=C(Nc1ccc(Cl)cc1C)C(C)Nc1ncnc2cc(C(=O)N3CC=CC3)c(Br)cc12. The molecule has 1 aliphatic heterocycles. The molecule has 2 N–H and O–H groups in total. The van der Waals surface area contributed by atoms with Gasteiger partial charge in [-0.3, -0.25) is 4.79 Å². The van der Waals surface area contributed by atoms with E-state index in [1.165, 1.54) is 6.33 Å². The van der Waals surface area contributed by atoms with Crippen molar-refractivity contribution in [2.24, 2.45) is 0 Å². The van der Waals surface area contributed by atoms with Gasteiger partial charge in [0.05, 0.1) is 17.1 Å². The number of carbonyl (C=O) groups excluding carboxylic acids is 1. The van der Waals surface area contributed by atoms with Crippen LogP contribution >= 0.6 is 27.5 Å². The van der Waals surface area contributed by atoms with E-state index in [2.05, 4.69) is 43.1 Å². The number of nitrogens with one attached hydrogen (secondary N) is 2. The van der Waals surface area contributed by atoms with E-state index < -0.39 is 0 Å². The molecular formula is C24H23BrClN5O. The van der Waals surface area contributed by atoms with Crippen LogP contribution in [0, 0.1) is 6.92 Å². The first-order valence-corrected chi connectivity index (χ1v) is 11.4. The molecule has 0 aliphatic carbocycles. The lowest BCUT2D eigenvalue weighted by Gasteiger charge is -2.21. The summed E-state index contributed by atoms with van der Waals surface area (Å²) in [4.78, 5) is 23.4. The van der Waals surface area contributed by atoms with Crippen molar-refractivity contribution in [3.8, 4) is 0 Å². The van der Waals surface area contributed by atoms with Gasteiger partial charge in [0.2, 0.25) is 0 Å². The third kappa shape index (κ3) is 4.64. The van der Waals surface area contributed by atoms with E-state index in [9.17, 15) is 4.79 Å². The van der Waals surface area contributed by atoms with E-state index >= 15 is 0 Å². The Balaban J connectivity index is 1.55. The first-order valence-electron chi connectivity index (χ1n) is 10.2. The molecule has 1 amide bonds. The molecule has 0 bridgehead atoms. The van der Waals surface area contributed by atoms with E-state index in [0.29, 0.717) is 39.5 Å². The summed E-state index contributed by atoms with van der Waals surface area (Å²) in [6.07, 6.45) is 5.48. The number of hydrogen-bond donors (Lipinski definition) is 2. The smallest absolute Gasteiger partial charge is 0.255 e. The zero-order valence-corrected chi connectivity index (χ0v) is 20.2. The summed E-state index contributed by atoms with van der Waals surface area (Å²) in [7, 11) is 0. The molecule has 32 heavy (non-hydrogen) atoms. The van der Waals surface area contributed by atoms with Gasteiger partial charge in [-0.1, -0.05) is 30.3 Å². The quantitative estimate of drug-likeness (QED) is 0.409. The Bertz CT molecular complexity index is 1230. The molecule has 0 saturated heterocycles. The fraction of sp³-hybridized carbons (Fsp3) is 0.208. The van der Waals surface area contributed by atoms with Crippen LogP contribution in [-0.2, 0) is 0 Å². The zero-order valence-electron chi connectivity index (χ0n) is 17.8. The molecule has 1 aromatic heterocycles. The van der Waals surface area contributed by atoms with E-state index in [-0.39, 0.29) is 11.9 Å². The molecule has 0 radical (unpaired) electrons. The fourth-order valence-electron chi connectivity index (χ4n) is 3.51. The zero-order chi connectivity index (χ0) is 22.8. The number of fused-ring (bicyclic) bond motifs is 1. The van der Waals surface area contributed by atoms with Crippen LogP contribution in [-0.4, -0.2) is 39.9 Å². The summed E-state index contributed by atoms with van der Waals surface area (Å²) in [6.45, 7) is 9.42. The Hall–Kier alpha value is -2.90.